The Hall–Kier alpha value is -2.37. The molecule has 28 heavy (non-hydrogen) atoms. The predicted octanol–water partition coefficient (Wildman–Crippen LogP) is 2.51. The molecule has 6 heteroatoms. The highest BCUT2D eigenvalue weighted by Crippen LogP contribution is 2.39. The van der Waals surface area contributed by atoms with Crippen LogP contribution in [0.3, 0.4) is 0 Å². The number of benzene rings is 2. The lowest BCUT2D eigenvalue weighted by atomic mass is 10.1. The Bertz CT molecular complexity index is 924. The third-order valence-electron chi connectivity index (χ3n) is 5.99. The van der Waals surface area contributed by atoms with E-state index in [1.165, 1.54) is 22.3 Å². The van der Waals surface area contributed by atoms with Gasteiger partial charge in [-0.1, -0.05) is 30.3 Å². The van der Waals surface area contributed by atoms with Crippen LogP contribution >= 0.6 is 12.4 Å². The van der Waals surface area contributed by atoms with Gasteiger partial charge in [0.05, 0.1) is 5.92 Å². The van der Waals surface area contributed by atoms with E-state index in [0.717, 1.165) is 31.6 Å². The molecule has 3 aliphatic rings. The number of halogens is 1. The highest BCUT2D eigenvalue weighted by molar-refractivity contribution is 6.00. The van der Waals surface area contributed by atoms with Crippen molar-refractivity contribution in [2.75, 3.05) is 24.5 Å². The monoisotopic (exact) mass is 397 g/mol. The second-order valence-electron chi connectivity index (χ2n) is 7.78. The number of hydrogen-bond acceptors (Lipinski definition) is 3. The molecule has 2 heterocycles. The summed E-state index contributed by atoms with van der Waals surface area (Å²) in [5, 5.41) is 6.34. The van der Waals surface area contributed by atoms with Gasteiger partial charge < -0.3 is 15.5 Å². The van der Waals surface area contributed by atoms with Crippen molar-refractivity contribution in [2.24, 2.45) is 5.92 Å². The Labute approximate surface area is 170 Å². The highest BCUT2D eigenvalue weighted by Gasteiger charge is 2.36. The van der Waals surface area contributed by atoms with Crippen LogP contribution in [-0.4, -0.2) is 37.5 Å². The van der Waals surface area contributed by atoms with Gasteiger partial charge in [0.25, 0.3) is 0 Å². The molecule has 2 atom stereocenters. The van der Waals surface area contributed by atoms with Crippen molar-refractivity contribution >= 4 is 29.9 Å². The summed E-state index contributed by atoms with van der Waals surface area (Å²) in [6.45, 7) is 2.23. The quantitative estimate of drug-likeness (QED) is 0.713. The molecular weight excluding hydrogens is 374 g/mol. The number of nitrogens with one attached hydrogen (secondary N) is 2. The first-order valence-electron chi connectivity index (χ1n) is 9.72. The Kier molecular flexibility index (Phi) is 5.13. The molecule has 0 radical (unpaired) electrons. The van der Waals surface area contributed by atoms with E-state index in [1.54, 1.807) is 4.90 Å². The Morgan fingerprint density at radius 3 is 2.75 bits per heavy atom. The Morgan fingerprint density at radius 1 is 1.11 bits per heavy atom. The normalized spacial score (nSPS) is 22.6. The van der Waals surface area contributed by atoms with Crippen LogP contribution in [0, 0.1) is 5.92 Å². The van der Waals surface area contributed by atoms with Crippen LogP contribution in [0.1, 0.15) is 24.0 Å². The Morgan fingerprint density at radius 2 is 1.93 bits per heavy atom. The zero-order valence-corrected chi connectivity index (χ0v) is 16.4. The SMILES string of the molecule is Cl.O=C(NC1CCNC1)C1CC(=O)N(c2ccc3c(c2)Cc2ccccc2-3)C1. The molecule has 146 valence electrons. The smallest absolute Gasteiger partial charge is 0.227 e. The van der Waals surface area contributed by atoms with Crippen LogP contribution in [-0.2, 0) is 16.0 Å². The van der Waals surface area contributed by atoms with Gasteiger partial charge >= 0.3 is 0 Å². The largest absolute Gasteiger partial charge is 0.352 e. The first-order chi connectivity index (χ1) is 13.2. The van der Waals surface area contributed by atoms with Crippen molar-refractivity contribution in [1.82, 2.24) is 10.6 Å². The minimum Gasteiger partial charge on any atom is -0.352 e. The topological polar surface area (TPSA) is 61.4 Å². The third kappa shape index (κ3) is 3.29. The summed E-state index contributed by atoms with van der Waals surface area (Å²) in [5.41, 5.74) is 6.04. The second-order valence-corrected chi connectivity index (χ2v) is 7.78. The standard InChI is InChI=1S/C22H23N3O2.ClH/c26-21-11-16(22(27)24-17-7-8-23-12-17)13-25(21)18-5-6-20-15(10-18)9-14-3-1-2-4-19(14)20;/h1-6,10,16-17,23H,7-9,11-13H2,(H,24,27);1H. The van der Waals surface area contributed by atoms with Gasteiger partial charge in [0.15, 0.2) is 0 Å². The van der Waals surface area contributed by atoms with E-state index in [2.05, 4.69) is 47.0 Å². The van der Waals surface area contributed by atoms with Gasteiger partial charge in [-0.05, 0) is 53.8 Å². The lowest BCUT2D eigenvalue weighted by Crippen LogP contribution is -2.40. The van der Waals surface area contributed by atoms with Crippen LogP contribution in [0.25, 0.3) is 11.1 Å². The number of amides is 2. The van der Waals surface area contributed by atoms with Crippen molar-refractivity contribution < 1.29 is 9.59 Å². The molecule has 5 rings (SSSR count). The molecule has 2 amide bonds. The second kappa shape index (κ2) is 7.57. The molecular formula is C22H24ClN3O2. The molecule has 0 bridgehead atoms. The van der Waals surface area contributed by atoms with Gasteiger partial charge in [0.1, 0.15) is 0 Å². The van der Waals surface area contributed by atoms with E-state index in [9.17, 15) is 9.59 Å². The molecule has 2 fully saturated rings. The van der Waals surface area contributed by atoms with Crippen LogP contribution < -0.4 is 15.5 Å². The molecule has 0 spiro atoms. The number of rotatable bonds is 3. The van der Waals surface area contributed by atoms with E-state index in [1.807, 2.05) is 6.07 Å². The molecule has 5 nitrogen and oxygen atoms in total. The lowest BCUT2D eigenvalue weighted by molar-refractivity contribution is -0.126. The average Bonchev–Trinajstić information content (AvgIpc) is 3.39. The highest BCUT2D eigenvalue weighted by atomic mass is 35.5. The maximum absolute atomic E-state index is 12.6. The third-order valence-corrected chi connectivity index (χ3v) is 5.99. The number of carbonyl (C=O) groups excluding carboxylic acids is 2. The summed E-state index contributed by atoms with van der Waals surface area (Å²) < 4.78 is 0. The molecule has 2 aliphatic heterocycles. The van der Waals surface area contributed by atoms with Gasteiger partial charge in [0, 0.05) is 31.2 Å². The molecule has 2 aromatic rings. The van der Waals surface area contributed by atoms with Crippen LogP contribution in [0.15, 0.2) is 42.5 Å². The molecule has 2 unspecified atom stereocenters. The Balaban J connectivity index is 0.00000192. The van der Waals surface area contributed by atoms with Gasteiger partial charge in [-0.25, -0.2) is 0 Å². The molecule has 2 N–H and O–H groups in total. The molecule has 0 aromatic heterocycles. The first-order valence-corrected chi connectivity index (χ1v) is 9.72. The van der Waals surface area contributed by atoms with Crippen LogP contribution in [0.5, 0.6) is 0 Å². The zero-order chi connectivity index (χ0) is 18.4. The minimum absolute atomic E-state index is 0. The summed E-state index contributed by atoms with van der Waals surface area (Å²) >= 11 is 0. The van der Waals surface area contributed by atoms with E-state index in [0.29, 0.717) is 13.0 Å². The summed E-state index contributed by atoms with van der Waals surface area (Å²) in [6, 6.07) is 14.9. The van der Waals surface area contributed by atoms with Crippen molar-refractivity contribution in [3.63, 3.8) is 0 Å². The van der Waals surface area contributed by atoms with Crippen molar-refractivity contribution in [3.8, 4) is 11.1 Å². The van der Waals surface area contributed by atoms with Gasteiger partial charge in [-0.15, -0.1) is 12.4 Å². The number of anilines is 1. The summed E-state index contributed by atoms with van der Waals surface area (Å²) in [7, 11) is 0. The number of fused-ring (bicyclic) bond motifs is 3. The van der Waals surface area contributed by atoms with Crippen LogP contribution in [0.2, 0.25) is 0 Å². The first kappa shape index (κ1) is 19.0. The van der Waals surface area contributed by atoms with Crippen molar-refractivity contribution in [1.29, 1.82) is 0 Å². The zero-order valence-electron chi connectivity index (χ0n) is 15.6. The average molecular weight is 398 g/mol. The lowest BCUT2D eigenvalue weighted by Gasteiger charge is -2.19. The summed E-state index contributed by atoms with van der Waals surface area (Å²) in [4.78, 5) is 26.9. The van der Waals surface area contributed by atoms with Crippen molar-refractivity contribution in [2.45, 2.75) is 25.3 Å². The maximum Gasteiger partial charge on any atom is 0.227 e. The van der Waals surface area contributed by atoms with E-state index in [4.69, 9.17) is 0 Å². The molecule has 0 saturated carbocycles. The molecule has 1 aliphatic carbocycles. The molecule has 2 aromatic carbocycles. The van der Waals surface area contributed by atoms with E-state index in [-0.39, 0.29) is 36.2 Å². The number of nitrogens with zero attached hydrogens (tertiary/aromatic N) is 1. The van der Waals surface area contributed by atoms with Gasteiger partial charge in [0.2, 0.25) is 11.8 Å². The number of hydrogen-bond donors (Lipinski definition) is 2. The fourth-order valence-electron chi connectivity index (χ4n) is 4.53. The van der Waals surface area contributed by atoms with E-state index >= 15 is 0 Å². The molecule has 2 saturated heterocycles. The van der Waals surface area contributed by atoms with E-state index < -0.39 is 0 Å². The van der Waals surface area contributed by atoms with Crippen LogP contribution in [0.4, 0.5) is 5.69 Å². The van der Waals surface area contributed by atoms with Crippen molar-refractivity contribution in [3.05, 3.63) is 53.6 Å². The summed E-state index contributed by atoms with van der Waals surface area (Å²) in [6.07, 6.45) is 2.16. The fraction of sp³-hybridized carbons (Fsp3) is 0.364. The predicted molar refractivity (Wildman–Crippen MR) is 112 cm³/mol. The number of carbonyl (C=O) groups is 2. The maximum atomic E-state index is 12.6. The van der Waals surface area contributed by atoms with Gasteiger partial charge in [-0.3, -0.25) is 9.59 Å². The fourth-order valence-corrected chi connectivity index (χ4v) is 4.53. The van der Waals surface area contributed by atoms with Gasteiger partial charge in [-0.2, -0.15) is 0 Å². The minimum atomic E-state index is -0.261. The summed E-state index contributed by atoms with van der Waals surface area (Å²) in [5.74, 6) is -0.216.